The van der Waals surface area contributed by atoms with E-state index in [1.165, 1.54) is 0 Å². The summed E-state index contributed by atoms with van der Waals surface area (Å²) in [6.45, 7) is 6.23. The van der Waals surface area contributed by atoms with Crippen LogP contribution in [0.1, 0.15) is 18.1 Å². The molecule has 0 saturated heterocycles. The van der Waals surface area contributed by atoms with Crippen molar-refractivity contribution in [3.63, 3.8) is 0 Å². The molecule has 1 aromatic heterocycles. The molecule has 6 heteroatoms. The van der Waals surface area contributed by atoms with Crippen molar-refractivity contribution in [1.29, 1.82) is 0 Å². The first-order chi connectivity index (χ1) is 9.45. The topological polar surface area (TPSA) is 37.8 Å². The number of nitrogens with one attached hydrogen (secondary N) is 1. The van der Waals surface area contributed by atoms with Crippen LogP contribution in [0.2, 0.25) is 0 Å². The Labute approximate surface area is 114 Å². The van der Waals surface area contributed by atoms with Crippen LogP contribution in [0, 0.1) is 31.3 Å². The van der Waals surface area contributed by atoms with E-state index in [4.69, 9.17) is 0 Å². The van der Waals surface area contributed by atoms with Gasteiger partial charge < -0.3 is 5.32 Å². The van der Waals surface area contributed by atoms with Crippen LogP contribution < -0.4 is 5.32 Å². The highest BCUT2D eigenvalue weighted by atomic mass is 19.2. The lowest BCUT2D eigenvalue weighted by atomic mass is 10.0. The largest absolute Gasteiger partial charge is 0.369 e. The highest BCUT2D eigenvalue weighted by Gasteiger charge is 2.16. The lowest BCUT2D eigenvalue weighted by molar-refractivity contribution is 0.447. The molecule has 0 fully saturated rings. The van der Waals surface area contributed by atoms with Crippen LogP contribution in [0.3, 0.4) is 0 Å². The van der Waals surface area contributed by atoms with Crippen LogP contribution in [-0.2, 0) is 0 Å². The molecular formula is C14H14F3N3. The molecule has 106 valence electrons. The van der Waals surface area contributed by atoms with Crippen molar-refractivity contribution in [3.8, 4) is 11.3 Å². The molecule has 0 aliphatic heterocycles. The van der Waals surface area contributed by atoms with E-state index >= 15 is 0 Å². The fourth-order valence-corrected chi connectivity index (χ4v) is 1.91. The van der Waals surface area contributed by atoms with Crippen LogP contribution >= 0.6 is 0 Å². The van der Waals surface area contributed by atoms with Crippen molar-refractivity contribution in [3.05, 3.63) is 40.7 Å². The van der Waals surface area contributed by atoms with E-state index in [1.807, 2.05) is 13.8 Å². The van der Waals surface area contributed by atoms with E-state index in [2.05, 4.69) is 15.5 Å². The molecule has 2 aromatic rings. The Bertz CT molecular complexity index is 633. The maximum Gasteiger partial charge on any atom is 0.194 e. The van der Waals surface area contributed by atoms with Gasteiger partial charge in [-0.05, 0) is 44.0 Å². The fourth-order valence-electron chi connectivity index (χ4n) is 1.91. The first-order valence-corrected chi connectivity index (χ1v) is 6.18. The minimum absolute atomic E-state index is 0.164. The number of aromatic nitrogens is 2. The molecule has 0 saturated carbocycles. The first-order valence-electron chi connectivity index (χ1n) is 6.18. The lowest BCUT2D eigenvalue weighted by Gasteiger charge is -2.12. The van der Waals surface area contributed by atoms with Crippen LogP contribution in [0.5, 0.6) is 0 Å². The van der Waals surface area contributed by atoms with Gasteiger partial charge >= 0.3 is 0 Å². The highest BCUT2D eigenvalue weighted by Crippen LogP contribution is 2.28. The van der Waals surface area contributed by atoms with Crippen molar-refractivity contribution in [1.82, 2.24) is 10.2 Å². The van der Waals surface area contributed by atoms with Gasteiger partial charge in [0.2, 0.25) is 0 Å². The van der Waals surface area contributed by atoms with E-state index in [0.29, 0.717) is 18.1 Å². The lowest BCUT2D eigenvalue weighted by Crippen LogP contribution is -2.06. The summed E-state index contributed by atoms with van der Waals surface area (Å²) in [6.07, 6.45) is 0. The second-order valence-electron chi connectivity index (χ2n) is 4.43. The fraction of sp³-hybridized carbons (Fsp3) is 0.286. The van der Waals surface area contributed by atoms with Gasteiger partial charge in [-0.1, -0.05) is 0 Å². The number of nitrogens with zero attached hydrogens (tertiary/aromatic N) is 2. The Morgan fingerprint density at radius 3 is 2.15 bits per heavy atom. The molecule has 0 unspecified atom stereocenters. The van der Waals surface area contributed by atoms with Crippen LogP contribution in [-0.4, -0.2) is 16.7 Å². The minimum atomic E-state index is -1.49. The summed E-state index contributed by atoms with van der Waals surface area (Å²) in [4.78, 5) is 0. The maximum absolute atomic E-state index is 13.3. The van der Waals surface area contributed by atoms with Gasteiger partial charge in [0, 0.05) is 12.1 Å². The smallest absolute Gasteiger partial charge is 0.194 e. The monoisotopic (exact) mass is 281 g/mol. The van der Waals surface area contributed by atoms with Gasteiger partial charge in [0.25, 0.3) is 0 Å². The Kier molecular flexibility index (Phi) is 3.92. The molecule has 0 aliphatic rings. The van der Waals surface area contributed by atoms with Crippen molar-refractivity contribution in [2.24, 2.45) is 0 Å². The van der Waals surface area contributed by atoms with Gasteiger partial charge in [0.1, 0.15) is 0 Å². The van der Waals surface area contributed by atoms with Gasteiger partial charge in [-0.25, -0.2) is 13.2 Å². The van der Waals surface area contributed by atoms with E-state index in [-0.39, 0.29) is 5.56 Å². The predicted octanol–water partition coefficient (Wildman–Crippen LogP) is 3.61. The molecule has 1 aromatic carbocycles. The molecule has 0 aliphatic carbocycles. The molecule has 0 bridgehead atoms. The molecule has 3 nitrogen and oxygen atoms in total. The number of anilines is 1. The molecule has 1 heterocycles. The number of rotatable bonds is 3. The Balaban J connectivity index is 2.56. The minimum Gasteiger partial charge on any atom is -0.369 e. The maximum atomic E-state index is 13.3. The van der Waals surface area contributed by atoms with Crippen molar-refractivity contribution in [2.45, 2.75) is 20.8 Å². The van der Waals surface area contributed by atoms with Crippen molar-refractivity contribution in [2.75, 3.05) is 11.9 Å². The van der Waals surface area contributed by atoms with Gasteiger partial charge in [0.15, 0.2) is 23.3 Å². The average molecular weight is 281 g/mol. The van der Waals surface area contributed by atoms with Gasteiger partial charge in [-0.2, -0.15) is 0 Å². The summed E-state index contributed by atoms with van der Waals surface area (Å²) in [7, 11) is 0. The Hall–Kier alpha value is -2.11. The SMILES string of the molecule is CCNc1nnc(-c2cc(F)c(F)c(F)c2)c(C)c1C. The van der Waals surface area contributed by atoms with E-state index < -0.39 is 17.5 Å². The number of benzene rings is 1. The third-order valence-electron chi connectivity index (χ3n) is 3.12. The summed E-state index contributed by atoms with van der Waals surface area (Å²) >= 11 is 0. The quantitative estimate of drug-likeness (QED) is 0.873. The van der Waals surface area contributed by atoms with Gasteiger partial charge in [-0.3, -0.25) is 0 Å². The third-order valence-corrected chi connectivity index (χ3v) is 3.12. The van der Waals surface area contributed by atoms with Gasteiger partial charge in [0.05, 0.1) is 5.69 Å². The molecule has 1 N–H and O–H groups in total. The zero-order chi connectivity index (χ0) is 14.9. The number of hydrogen-bond acceptors (Lipinski definition) is 3. The highest BCUT2D eigenvalue weighted by molar-refractivity contribution is 5.66. The standard InChI is InChI=1S/C14H14F3N3/c1-4-18-14-8(3)7(2)13(19-20-14)9-5-10(15)12(17)11(16)6-9/h5-6H,4H2,1-3H3,(H,18,20). The van der Waals surface area contributed by atoms with Crippen LogP contribution in [0.4, 0.5) is 19.0 Å². The summed E-state index contributed by atoms with van der Waals surface area (Å²) in [5.74, 6) is -3.35. The van der Waals surface area contributed by atoms with E-state index in [0.717, 1.165) is 23.3 Å². The molecule has 0 radical (unpaired) electrons. The number of hydrogen-bond donors (Lipinski definition) is 1. The van der Waals surface area contributed by atoms with Crippen LogP contribution in [0.15, 0.2) is 12.1 Å². The molecule has 2 rings (SSSR count). The van der Waals surface area contributed by atoms with Crippen molar-refractivity contribution >= 4 is 5.82 Å². The van der Waals surface area contributed by atoms with Crippen LogP contribution in [0.25, 0.3) is 11.3 Å². The normalized spacial score (nSPS) is 10.7. The van der Waals surface area contributed by atoms with E-state index in [9.17, 15) is 13.2 Å². The average Bonchev–Trinajstić information content (AvgIpc) is 2.41. The Morgan fingerprint density at radius 1 is 1.00 bits per heavy atom. The zero-order valence-corrected chi connectivity index (χ0v) is 11.4. The summed E-state index contributed by atoms with van der Waals surface area (Å²) in [5.41, 5.74) is 2.07. The third kappa shape index (κ3) is 2.45. The van der Waals surface area contributed by atoms with Gasteiger partial charge in [-0.15, -0.1) is 10.2 Å². The predicted molar refractivity (Wildman–Crippen MR) is 71.0 cm³/mol. The second-order valence-corrected chi connectivity index (χ2v) is 4.43. The molecule has 0 spiro atoms. The molecular weight excluding hydrogens is 267 g/mol. The molecule has 0 amide bonds. The second kappa shape index (κ2) is 5.48. The van der Waals surface area contributed by atoms with Crippen molar-refractivity contribution < 1.29 is 13.2 Å². The first kappa shape index (κ1) is 14.3. The molecule has 20 heavy (non-hydrogen) atoms. The Morgan fingerprint density at radius 2 is 1.60 bits per heavy atom. The molecule has 0 atom stereocenters. The summed E-state index contributed by atoms with van der Waals surface area (Å²) in [6, 6.07) is 1.84. The summed E-state index contributed by atoms with van der Waals surface area (Å²) < 4.78 is 39.5. The number of halogens is 3. The van der Waals surface area contributed by atoms with E-state index in [1.54, 1.807) is 6.92 Å². The zero-order valence-electron chi connectivity index (χ0n) is 11.4. The summed E-state index contributed by atoms with van der Waals surface area (Å²) in [5, 5.41) is 11.0.